The van der Waals surface area contributed by atoms with E-state index in [1.54, 1.807) is 6.07 Å². The summed E-state index contributed by atoms with van der Waals surface area (Å²) in [6.07, 6.45) is 3.83. The molecule has 9 heteroatoms. The molecule has 1 fully saturated rings. The largest absolute Gasteiger partial charge is 0.488 e. The number of benzene rings is 3. The van der Waals surface area contributed by atoms with Crippen LogP contribution in [-0.2, 0) is 4.74 Å². The van der Waals surface area contributed by atoms with E-state index < -0.39 is 17.5 Å². The summed E-state index contributed by atoms with van der Waals surface area (Å²) in [5.74, 6) is -2.84. The average Bonchev–Trinajstić information content (AvgIpc) is 2.93. The van der Waals surface area contributed by atoms with Crippen LogP contribution in [0.2, 0.25) is 5.02 Å². The number of rotatable bonds is 11. The molecule has 1 saturated carbocycles. The number of nitrogens with two attached hydrogens (primary N) is 2. The maximum atomic E-state index is 15.8. The van der Waals surface area contributed by atoms with Gasteiger partial charge in [-0.3, -0.25) is 4.79 Å². The van der Waals surface area contributed by atoms with E-state index in [0.29, 0.717) is 18.2 Å². The number of carbonyl (C=O) groups is 1. The molecular formula is C30H34ClF2N3O3. The predicted octanol–water partition coefficient (Wildman–Crippen LogP) is 5.40. The van der Waals surface area contributed by atoms with Gasteiger partial charge in [0.25, 0.3) is 0 Å². The topological polar surface area (TPSA) is 99.6 Å². The third-order valence-corrected chi connectivity index (χ3v) is 7.61. The molecule has 6 nitrogen and oxygen atoms in total. The fraction of sp³-hybridized carbons (Fsp3) is 0.367. The number of methoxy groups -OCH3 is 1. The fourth-order valence-electron chi connectivity index (χ4n) is 5.09. The van der Waals surface area contributed by atoms with Gasteiger partial charge >= 0.3 is 0 Å². The Hall–Kier alpha value is -3.04. The van der Waals surface area contributed by atoms with Crippen LogP contribution in [0.1, 0.15) is 53.1 Å². The van der Waals surface area contributed by atoms with Gasteiger partial charge < -0.3 is 26.3 Å². The Bertz CT molecular complexity index is 1280. The van der Waals surface area contributed by atoms with Crippen molar-refractivity contribution in [1.29, 1.82) is 0 Å². The number of primary amides is 1. The summed E-state index contributed by atoms with van der Waals surface area (Å²) in [5, 5.41) is 3.31. The number of carbonyl (C=O) groups excluding carboxylic acids is 1. The van der Waals surface area contributed by atoms with Gasteiger partial charge in [-0.2, -0.15) is 0 Å². The molecule has 39 heavy (non-hydrogen) atoms. The van der Waals surface area contributed by atoms with Crippen molar-refractivity contribution in [1.82, 2.24) is 5.32 Å². The highest BCUT2D eigenvalue weighted by atomic mass is 35.5. The van der Waals surface area contributed by atoms with Gasteiger partial charge in [-0.15, -0.1) is 0 Å². The lowest BCUT2D eigenvalue weighted by molar-refractivity contribution is 0.1000. The monoisotopic (exact) mass is 557 g/mol. The molecule has 0 aliphatic heterocycles. The SMILES string of the molecule is COCCOc1ccc(C(N)=O)c(-c2cc(C(CNC3CCC(N)CC3)c3ccccc3)cc(F)c2Cl)c1F. The van der Waals surface area contributed by atoms with Gasteiger partial charge in [-0.25, -0.2) is 8.78 Å². The Kier molecular flexibility index (Phi) is 9.91. The van der Waals surface area contributed by atoms with Crippen LogP contribution in [0.15, 0.2) is 54.6 Å². The van der Waals surface area contributed by atoms with E-state index in [9.17, 15) is 4.79 Å². The first-order valence-corrected chi connectivity index (χ1v) is 13.4. The predicted molar refractivity (Wildman–Crippen MR) is 149 cm³/mol. The average molecular weight is 558 g/mol. The Morgan fingerprint density at radius 3 is 2.44 bits per heavy atom. The molecule has 4 rings (SSSR count). The summed E-state index contributed by atoms with van der Waals surface area (Å²) < 4.78 is 41.7. The molecule has 1 aliphatic carbocycles. The summed E-state index contributed by atoms with van der Waals surface area (Å²) in [7, 11) is 1.50. The van der Waals surface area contributed by atoms with Gasteiger partial charge in [0, 0.05) is 42.8 Å². The van der Waals surface area contributed by atoms with Crippen molar-refractivity contribution in [3.8, 4) is 16.9 Å². The van der Waals surface area contributed by atoms with E-state index in [1.807, 2.05) is 30.3 Å². The lowest BCUT2D eigenvalue weighted by atomic mass is 9.87. The first kappa shape index (κ1) is 29.0. The van der Waals surface area contributed by atoms with Gasteiger partial charge in [0.2, 0.25) is 5.91 Å². The number of hydrogen-bond donors (Lipinski definition) is 3. The van der Waals surface area contributed by atoms with Crippen LogP contribution >= 0.6 is 11.6 Å². The second-order valence-corrected chi connectivity index (χ2v) is 10.2. The number of ether oxygens (including phenoxy) is 2. The molecule has 3 aromatic rings. The number of halogens is 3. The normalized spacial score (nSPS) is 18.1. The maximum Gasteiger partial charge on any atom is 0.249 e. The molecule has 1 atom stereocenters. The minimum absolute atomic E-state index is 0.0275. The van der Waals surface area contributed by atoms with E-state index >= 15 is 8.78 Å². The van der Waals surface area contributed by atoms with Crippen LogP contribution in [-0.4, -0.2) is 44.9 Å². The number of hydrogen-bond acceptors (Lipinski definition) is 5. The fourth-order valence-corrected chi connectivity index (χ4v) is 5.29. The summed E-state index contributed by atoms with van der Waals surface area (Å²) in [5.41, 5.74) is 12.9. The molecule has 0 saturated heterocycles. The molecule has 3 aromatic carbocycles. The highest BCUT2D eigenvalue weighted by Crippen LogP contribution is 2.40. The van der Waals surface area contributed by atoms with Crippen LogP contribution in [0.5, 0.6) is 5.75 Å². The van der Waals surface area contributed by atoms with Crippen molar-refractivity contribution < 1.29 is 23.0 Å². The van der Waals surface area contributed by atoms with Crippen LogP contribution in [0.25, 0.3) is 11.1 Å². The molecule has 1 aliphatic rings. The zero-order valence-electron chi connectivity index (χ0n) is 21.9. The van der Waals surface area contributed by atoms with Crippen molar-refractivity contribution in [3.05, 3.63) is 87.9 Å². The molecule has 0 spiro atoms. The minimum atomic E-state index is -0.869. The van der Waals surface area contributed by atoms with Crippen LogP contribution in [0, 0.1) is 11.6 Å². The van der Waals surface area contributed by atoms with Crippen molar-refractivity contribution >= 4 is 17.5 Å². The second-order valence-electron chi connectivity index (χ2n) is 9.85. The molecule has 0 heterocycles. The molecular weight excluding hydrogens is 524 g/mol. The van der Waals surface area contributed by atoms with Gasteiger partial charge in [0.05, 0.1) is 17.2 Å². The first-order chi connectivity index (χ1) is 18.8. The molecule has 0 radical (unpaired) electrons. The van der Waals surface area contributed by atoms with Crippen molar-refractivity contribution in [2.45, 2.75) is 43.7 Å². The summed E-state index contributed by atoms with van der Waals surface area (Å²) in [6, 6.07) is 15.9. The first-order valence-electron chi connectivity index (χ1n) is 13.1. The molecule has 5 N–H and O–H groups in total. The third-order valence-electron chi connectivity index (χ3n) is 7.22. The highest BCUT2D eigenvalue weighted by molar-refractivity contribution is 6.33. The van der Waals surface area contributed by atoms with Crippen LogP contribution in [0.3, 0.4) is 0 Å². The molecule has 0 aromatic heterocycles. The maximum absolute atomic E-state index is 15.8. The van der Waals surface area contributed by atoms with E-state index in [2.05, 4.69) is 5.32 Å². The standard InChI is InChI=1S/C30H34ClF2N3O3/c1-38-13-14-39-26-12-11-22(30(35)37)27(29(26)33)23-15-19(16-25(32)28(23)31)24(18-5-3-2-4-6-18)17-36-21-9-7-20(34)8-10-21/h2-6,11-12,15-16,20-21,24,36H,7-10,13-14,17,34H2,1H3,(H2,35,37). The zero-order chi connectivity index (χ0) is 27.9. The minimum Gasteiger partial charge on any atom is -0.488 e. The van der Waals surface area contributed by atoms with E-state index in [1.165, 1.54) is 25.3 Å². The molecule has 0 bridgehead atoms. The molecule has 208 valence electrons. The van der Waals surface area contributed by atoms with E-state index in [4.69, 9.17) is 32.5 Å². The van der Waals surface area contributed by atoms with Gasteiger partial charge in [0.15, 0.2) is 11.6 Å². The zero-order valence-corrected chi connectivity index (χ0v) is 22.6. The van der Waals surface area contributed by atoms with Crippen molar-refractivity contribution in [2.24, 2.45) is 11.5 Å². The van der Waals surface area contributed by atoms with Crippen LogP contribution < -0.4 is 21.5 Å². The second kappa shape index (κ2) is 13.3. The number of amides is 1. The summed E-state index contributed by atoms with van der Waals surface area (Å²) in [4.78, 5) is 12.3. The van der Waals surface area contributed by atoms with E-state index in [0.717, 1.165) is 31.2 Å². The lowest BCUT2D eigenvalue weighted by Crippen LogP contribution is -2.39. The Labute approximate surface area is 232 Å². The Morgan fingerprint density at radius 2 is 1.77 bits per heavy atom. The van der Waals surface area contributed by atoms with Gasteiger partial charge in [-0.05, 0) is 61.1 Å². The molecule has 1 unspecified atom stereocenters. The summed E-state index contributed by atoms with van der Waals surface area (Å²) in [6.45, 7) is 0.838. The third kappa shape index (κ3) is 6.94. The van der Waals surface area contributed by atoms with Crippen molar-refractivity contribution in [2.75, 3.05) is 26.9 Å². The number of nitrogens with one attached hydrogen (secondary N) is 1. The summed E-state index contributed by atoms with van der Waals surface area (Å²) >= 11 is 6.41. The Balaban J connectivity index is 1.77. The quantitative estimate of drug-likeness (QED) is 0.274. The van der Waals surface area contributed by atoms with E-state index in [-0.39, 0.29) is 52.6 Å². The lowest BCUT2D eigenvalue weighted by Gasteiger charge is -2.29. The van der Waals surface area contributed by atoms with Crippen molar-refractivity contribution in [3.63, 3.8) is 0 Å². The van der Waals surface area contributed by atoms with Gasteiger partial charge in [-0.1, -0.05) is 41.9 Å². The highest BCUT2D eigenvalue weighted by Gasteiger charge is 2.26. The van der Waals surface area contributed by atoms with Crippen LogP contribution in [0.4, 0.5) is 8.78 Å². The smallest absolute Gasteiger partial charge is 0.249 e. The Morgan fingerprint density at radius 1 is 1.05 bits per heavy atom. The molecule has 1 amide bonds. The van der Waals surface area contributed by atoms with Gasteiger partial charge in [0.1, 0.15) is 12.4 Å².